The molecule has 2 N–H and O–H groups in total. The molecule has 1 aromatic rings. The molecule has 1 rings (SSSR count). The van der Waals surface area contributed by atoms with Crippen molar-refractivity contribution >= 4 is 17.5 Å². The number of carbonyl (C=O) groups is 1. The highest BCUT2D eigenvalue weighted by Crippen LogP contribution is 2.14. The summed E-state index contributed by atoms with van der Waals surface area (Å²) in [6.45, 7) is 5.42. The Morgan fingerprint density at radius 1 is 1.56 bits per heavy atom. The molecule has 0 bridgehead atoms. The fourth-order valence-corrected chi connectivity index (χ4v) is 0.982. The molecule has 0 aliphatic rings. The van der Waals surface area contributed by atoms with Gasteiger partial charge in [-0.05, 0) is 26.8 Å². The van der Waals surface area contributed by atoms with Crippen molar-refractivity contribution in [1.29, 1.82) is 0 Å². The van der Waals surface area contributed by atoms with E-state index in [0.717, 1.165) is 0 Å². The number of aromatic nitrogens is 2. The van der Waals surface area contributed by atoms with Crippen LogP contribution in [0.15, 0.2) is 16.9 Å². The SMILES string of the molecule is CC(Cl)C(C)(C)NC(=O)c1ccc(=O)[nH]n1. The van der Waals surface area contributed by atoms with Gasteiger partial charge in [-0.15, -0.1) is 11.6 Å². The lowest BCUT2D eigenvalue weighted by molar-refractivity contribution is 0.0906. The molecule has 1 unspecified atom stereocenters. The van der Waals surface area contributed by atoms with Crippen molar-refractivity contribution in [3.63, 3.8) is 0 Å². The van der Waals surface area contributed by atoms with E-state index < -0.39 is 5.54 Å². The number of carbonyl (C=O) groups excluding carboxylic acids is 1. The zero-order chi connectivity index (χ0) is 12.3. The van der Waals surface area contributed by atoms with Gasteiger partial charge in [0.25, 0.3) is 11.5 Å². The molecule has 0 aliphatic carbocycles. The summed E-state index contributed by atoms with van der Waals surface area (Å²) in [5, 5.41) is 8.34. The Bertz CT molecular complexity index is 419. The second-order valence-corrected chi connectivity index (χ2v) is 4.75. The molecular weight excluding hydrogens is 230 g/mol. The molecule has 1 amide bonds. The maximum absolute atomic E-state index is 11.7. The van der Waals surface area contributed by atoms with Gasteiger partial charge in [0.2, 0.25) is 0 Å². The number of nitrogens with one attached hydrogen (secondary N) is 2. The number of nitrogens with zero attached hydrogens (tertiary/aromatic N) is 1. The fraction of sp³-hybridized carbons (Fsp3) is 0.500. The summed E-state index contributed by atoms with van der Waals surface area (Å²) in [4.78, 5) is 22.5. The van der Waals surface area contributed by atoms with E-state index in [1.54, 1.807) is 6.92 Å². The third-order valence-electron chi connectivity index (χ3n) is 2.34. The monoisotopic (exact) mass is 243 g/mol. The van der Waals surface area contributed by atoms with Gasteiger partial charge in [0.15, 0.2) is 0 Å². The molecule has 1 aromatic heterocycles. The summed E-state index contributed by atoms with van der Waals surface area (Å²) < 4.78 is 0. The smallest absolute Gasteiger partial charge is 0.272 e. The van der Waals surface area contributed by atoms with E-state index >= 15 is 0 Å². The van der Waals surface area contributed by atoms with Crippen molar-refractivity contribution in [3.05, 3.63) is 28.2 Å². The third-order valence-corrected chi connectivity index (χ3v) is 2.89. The Morgan fingerprint density at radius 3 is 2.62 bits per heavy atom. The van der Waals surface area contributed by atoms with E-state index in [1.807, 2.05) is 13.8 Å². The molecule has 0 aliphatic heterocycles. The highest BCUT2D eigenvalue weighted by Gasteiger charge is 2.26. The zero-order valence-electron chi connectivity index (χ0n) is 9.37. The highest BCUT2D eigenvalue weighted by atomic mass is 35.5. The van der Waals surface area contributed by atoms with Gasteiger partial charge in [-0.25, -0.2) is 5.10 Å². The maximum Gasteiger partial charge on any atom is 0.272 e. The van der Waals surface area contributed by atoms with Crippen LogP contribution >= 0.6 is 11.6 Å². The number of halogens is 1. The average Bonchev–Trinajstić information content (AvgIpc) is 2.17. The van der Waals surface area contributed by atoms with E-state index in [-0.39, 0.29) is 22.5 Å². The van der Waals surface area contributed by atoms with Crippen LogP contribution in [0.3, 0.4) is 0 Å². The predicted molar refractivity (Wildman–Crippen MR) is 61.7 cm³/mol. The van der Waals surface area contributed by atoms with Gasteiger partial charge in [0, 0.05) is 6.07 Å². The third kappa shape index (κ3) is 3.06. The Hall–Kier alpha value is -1.36. The van der Waals surface area contributed by atoms with E-state index in [9.17, 15) is 9.59 Å². The predicted octanol–water partition coefficient (Wildman–Crippen LogP) is 0.906. The number of rotatable bonds is 3. The van der Waals surface area contributed by atoms with Gasteiger partial charge in [-0.1, -0.05) is 0 Å². The largest absolute Gasteiger partial charge is 0.344 e. The summed E-state index contributed by atoms with van der Waals surface area (Å²) >= 11 is 5.93. The second-order valence-electron chi connectivity index (χ2n) is 4.10. The molecule has 0 radical (unpaired) electrons. The minimum atomic E-state index is -0.545. The molecule has 88 valence electrons. The van der Waals surface area contributed by atoms with Gasteiger partial charge in [0.05, 0.1) is 10.9 Å². The Kier molecular flexibility index (Phi) is 3.70. The molecular formula is C10H14ClN3O2. The molecule has 0 aromatic carbocycles. The lowest BCUT2D eigenvalue weighted by atomic mass is 10.0. The number of hydrogen-bond donors (Lipinski definition) is 2. The maximum atomic E-state index is 11.7. The number of H-pyrrole nitrogens is 1. The normalized spacial score (nSPS) is 13.2. The summed E-state index contributed by atoms with van der Waals surface area (Å²) in [6, 6.07) is 2.61. The number of alkyl halides is 1. The van der Waals surface area contributed by atoms with E-state index in [1.165, 1.54) is 12.1 Å². The van der Waals surface area contributed by atoms with Crippen LogP contribution in [0.5, 0.6) is 0 Å². The molecule has 0 saturated carbocycles. The van der Waals surface area contributed by atoms with Crippen LogP contribution in [0.2, 0.25) is 0 Å². The van der Waals surface area contributed by atoms with Gasteiger partial charge >= 0.3 is 0 Å². The average molecular weight is 244 g/mol. The first-order valence-electron chi connectivity index (χ1n) is 4.85. The Balaban J connectivity index is 2.80. The van der Waals surface area contributed by atoms with Crippen LogP contribution < -0.4 is 10.9 Å². The molecule has 1 atom stereocenters. The summed E-state index contributed by atoms with van der Waals surface area (Å²) in [7, 11) is 0. The van der Waals surface area contributed by atoms with Gasteiger partial charge in [-0.3, -0.25) is 9.59 Å². The summed E-state index contributed by atoms with van der Waals surface area (Å²) in [5.74, 6) is -0.367. The van der Waals surface area contributed by atoms with Crippen molar-refractivity contribution < 1.29 is 4.79 Å². The van der Waals surface area contributed by atoms with Crippen LogP contribution in [-0.2, 0) is 0 Å². The molecule has 5 nitrogen and oxygen atoms in total. The van der Waals surface area contributed by atoms with Crippen LogP contribution in [0, 0.1) is 0 Å². The van der Waals surface area contributed by atoms with E-state index in [2.05, 4.69) is 15.5 Å². The fourth-order valence-electron chi connectivity index (χ4n) is 0.927. The van der Waals surface area contributed by atoms with Crippen LogP contribution in [-0.4, -0.2) is 27.0 Å². The van der Waals surface area contributed by atoms with Crippen molar-refractivity contribution in [2.75, 3.05) is 0 Å². The summed E-state index contributed by atoms with van der Waals surface area (Å²) in [5.41, 5.74) is -0.734. The molecule has 6 heteroatoms. The highest BCUT2D eigenvalue weighted by molar-refractivity contribution is 6.21. The van der Waals surface area contributed by atoms with Gasteiger partial charge < -0.3 is 5.32 Å². The first-order chi connectivity index (χ1) is 7.33. The van der Waals surface area contributed by atoms with Crippen LogP contribution in [0.1, 0.15) is 31.3 Å². The first-order valence-corrected chi connectivity index (χ1v) is 5.29. The lowest BCUT2D eigenvalue weighted by Crippen LogP contribution is -2.49. The van der Waals surface area contributed by atoms with Crippen molar-refractivity contribution in [2.45, 2.75) is 31.7 Å². The van der Waals surface area contributed by atoms with Gasteiger partial charge in [-0.2, -0.15) is 5.10 Å². The minimum Gasteiger partial charge on any atom is -0.344 e. The van der Waals surface area contributed by atoms with Gasteiger partial charge in [0.1, 0.15) is 5.69 Å². The second kappa shape index (κ2) is 4.65. The summed E-state index contributed by atoms with van der Waals surface area (Å²) in [6.07, 6.45) is 0. The topological polar surface area (TPSA) is 74.8 Å². The van der Waals surface area contributed by atoms with Crippen LogP contribution in [0.4, 0.5) is 0 Å². The molecule has 0 spiro atoms. The van der Waals surface area contributed by atoms with Crippen molar-refractivity contribution in [2.24, 2.45) is 0 Å². The standard InChI is InChI=1S/C10H14ClN3O2/c1-6(11)10(2,3)12-9(16)7-4-5-8(15)14-13-7/h4-6H,1-3H3,(H,12,16)(H,14,15). The van der Waals surface area contributed by atoms with E-state index in [0.29, 0.717) is 0 Å². The molecule has 0 saturated heterocycles. The number of aromatic amines is 1. The molecule has 0 fully saturated rings. The van der Waals surface area contributed by atoms with Crippen LogP contribution in [0.25, 0.3) is 0 Å². The Morgan fingerprint density at radius 2 is 2.19 bits per heavy atom. The minimum absolute atomic E-state index is 0.157. The van der Waals surface area contributed by atoms with Crippen molar-refractivity contribution in [1.82, 2.24) is 15.5 Å². The lowest BCUT2D eigenvalue weighted by Gasteiger charge is -2.28. The molecule has 1 heterocycles. The number of hydrogen-bond acceptors (Lipinski definition) is 3. The molecule has 16 heavy (non-hydrogen) atoms. The first kappa shape index (κ1) is 12.7. The Labute approximate surface area is 98.2 Å². The quantitative estimate of drug-likeness (QED) is 0.775. The van der Waals surface area contributed by atoms with E-state index in [4.69, 9.17) is 11.6 Å². The van der Waals surface area contributed by atoms with Crippen molar-refractivity contribution in [3.8, 4) is 0 Å². The number of amides is 1. The zero-order valence-corrected chi connectivity index (χ0v) is 10.1.